The van der Waals surface area contributed by atoms with Gasteiger partial charge in [0.25, 0.3) is 0 Å². The maximum absolute atomic E-state index is 14.3. The number of hydrogen-bond acceptors (Lipinski definition) is 4. The highest BCUT2D eigenvalue weighted by molar-refractivity contribution is 5.31. The van der Waals surface area contributed by atoms with E-state index in [0.29, 0.717) is 17.9 Å². The quantitative estimate of drug-likeness (QED) is 0.836. The summed E-state index contributed by atoms with van der Waals surface area (Å²) in [5.74, 6) is 0.0662. The van der Waals surface area contributed by atoms with E-state index in [1.807, 2.05) is 24.4 Å². The first-order valence-corrected chi connectivity index (χ1v) is 8.72. The second-order valence-corrected chi connectivity index (χ2v) is 7.28. The van der Waals surface area contributed by atoms with Crippen LogP contribution in [-0.2, 0) is 17.7 Å². The summed E-state index contributed by atoms with van der Waals surface area (Å²) >= 11 is 0. The van der Waals surface area contributed by atoms with Gasteiger partial charge in [-0.05, 0) is 24.1 Å². The van der Waals surface area contributed by atoms with E-state index in [1.165, 1.54) is 12.7 Å². The molecule has 3 heterocycles. The number of hydrogen-bond donors (Lipinski definition) is 0. The molecule has 4 rings (SSSR count). The van der Waals surface area contributed by atoms with Crippen LogP contribution in [0.15, 0.2) is 42.7 Å². The SMILES string of the molecule is COc1cccc(CN2CC3(CO[C@H](Cc4cccnc4)C3)C2)c1F. The van der Waals surface area contributed by atoms with Crippen LogP contribution in [0.3, 0.4) is 0 Å². The maximum Gasteiger partial charge on any atom is 0.169 e. The van der Waals surface area contributed by atoms with Crippen LogP contribution in [0.25, 0.3) is 0 Å². The molecule has 132 valence electrons. The van der Waals surface area contributed by atoms with E-state index < -0.39 is 0 Å². The molecule has 0 amide bonds. The van der Waals surface area contributed by atoms with E-state index in [2.05, 4.69) is 16.0 Å². The Morgan fingerprint density at radius 3 is 2.96 bits per heavy atom. The zero-order valence-corrected chi connectivity index (χ0v) is 14.5. The normalized spacial score (nSPS) is 22.1. The van der Waals surface area contributed by atoms with Gasteiger partial charge in [-0.1, -0.05) is 18.2 Å². The molecule has 0 radical (unpaired) electrons. The highest BCUT2D eigenvalue weighted by Gasteiger charge is 2.48. The largest absolute Gasteiger partial charge is 0.494 e. The van der Waals surface area contributed by atoms with Gasteiger partial charge in [0, 0.05) is 49.4 Å². The van der Waals surface area contributed by atoms with Crippen molar-refractivity contribution in [3.05, 3.63) is 59.7 Å². The minimum Gasteiger partial charge on any atom is -0.494 e. The number of pyridine rings is 1. The van der Waals surface area contributed by atoms with Crippen molar-refractivity contribution in [2.24, 2.45) is 5.41 Å². The predicted molar refractivity (Wildman–Crippen MR) is 93.0 cm³/mol. The highest BCUT2D eigenvalue weighted by Crippen LogP contribution is 2.42. The van der Waals surface area contributed by atoms with Gasteiger partial charge in [-0.2, -0.15) is 0 Å². The Kier molecular flexibility index (Phi) is 4.44. The van der Waals surface area contributed by atoms with Gasteiger partial charge in [-0.3, -0.25) is 9.88 Å². The van der Waals surface area contributed by atoms with E-state index in [0.717, 1.165) is 32.5 Å². The minimum absolute atomic E-state index is 0.238. The molecule has 2 saturated heterocycles. The summed E-state index contributed by atoms with van der Waals surface area (Å²) in [4.78, 5) is 6.45. The zero-order chi connectivity index (χ0) is 17.3. The number of methoxy groups -OCH3 is 1. The lowest BCUT2D eigenvalue weighted by Crippen LogP contribution is -2.56. The minimum atomic E-state index is -0.247. The molecule has 4 nitrogen and oxygen atoms in total. The zero-order valence-electron chi connectivity index (χ0n) is 14.5. The summed E-state index contributed by atoms with van der Waals surface area (Å²) < 4.78 is 25.4. The molecule has 1 aromatic heterocycles. The maximum atomic E-state index is 14.3. The third kappa shape index (κ3) is 3.39. The van der Waals surface area contributed by atoms with Crippen molar-refractivity contribution in [2.75, 3.05) is 26.8 Å². The Balaban J connectivity index is 1.32. The van der Waals surface area contributed by atoms with Gasteiger partial charge in [-0.25, -0.2) is 4.39 Å². The summed E-state index contributed by atoms with van der Waals surface area (Å²) in [7, 11) is 1.50. The first-order chi connectivity index (χ1) is 12.2. The molecule has 2 aliphatic heterocycles. The van der Waals surface area contributed by atoms with Crippen LogP contribution in [0.2, 0.25) is 0 Å². The van der Waals surface area contributed by atoms with Crippen molar-refractivity contribution in [2.45, 2.75) is 25.5 Å². The van der Waals surface area contributed by atoms with Crippen LogP contribution in [0.5, 0.6) is 5.75 Å². The molecule has 1 atom stereocenters. The van der Waals surface area contributed by atoms with E-state index in [1.54, 1.807) is 12.3 Å². The number of nitrogens with zero attached hydrogens (tertiary/aromatic N) is 2. The molecule has 0 unspecified atom stereocenters. The lowest BCUT2D eigenvalue weighted by atomic mass is 9.77. The Hall–Kier alpha value is -1.98. The topological polar surface area (TPSA) is 34.6 Å². The van der Waals surface area contributed by atoms with Gasteiger partial charge in [0.05, 0.1) is 19.8 Å². The molecular weight excluding hydrogens is 319 g/mol. The molecule has 5 heteroatoms. The molecule has 0 aliphatic carbocycles. The van der Waals surface area contributed by atoms with Crippen molar-refractivity contribution in [1.82, 2.24) is 9.88 Å². The summed E-state index contributed by atoms with van der Waals surface area (Å²) in [5, 5.41) is 0. The Labute approximate surface area is 147 Å². The number of rotatable bonds is 5. The molecule has 2 aliphatic rings. The third-order valence-corrected chi connectivity index (χ3v) is 5.25. The van der Waals surface area contributed by atoms with Gasteiger partial charge in [0.2, 0.25) is 0 Å². The summed E-state index contributed by atoms with van der Waals surface area (Å²) in [6.45, 7) is 3.35. The predicted octanol–water partition coefficient (Wildman–Crippen LogP) is 3.06. The monoisotopic (exact) mass is 342 g/mol. The number of benzene rings is 1. The van der Waals surface area contributed by atoms with Crippen molar-refractivity contribution >= 4 is 0 Å². The van der Waals surface area contributed by atoms with Crippen LogP contribution < -0.4 is 4.74 Å². The average molecular weight is 342 g/mol. The van der Waals surface area contributed by atoms with Crippen LogP contribution in [-0.4, -0.2) is 42.8 Å². The fourth-order valence-electron chi connectivity index (χ4n) is 4.12. The Morgan fingerprint density at radius 1 is 1.32 bits per heavy atom. The standard InChI is InChI=1S/C20H23FN2O2/c1-24-18-6-2-5-16(19(18)21)11-23-12-20(13-23)9-17(25-14-20)8-15-4-3-7-22-10-15/h2-7,10,17H,8-9,11-14H2,1H3/t17-/m1/s1. The number of aromatic nitrogens is 1. The van der Waals surface area contributed by atoms with Crippen LogP contribution in [0, 0.1) is 11.2 Å². The number of halogens is 1. The molecule has 1 aromatic carbocycles. The van der Waals surface area contributed by atoms with E-state index in [9.17, 15) is 4.39 Å². The first kappa shape index (κ1) is 16.5. The van der Waals surface area contributed by atoms with Crippen molar-refractivity contribution < 1.29 is 13.9 Å². The lowest BCUT2D eigenvalue weighted by molar-refractivity contribution is -0.0146. The molecule has 1 spiro atoms. The Bertz CT molecular complexity index is 732. The van der Waals surface area contributed by atoms with Crippen LogP contribution in [0.1, 0.15) is 17.5 Å². The highest BCUT2D eigenvalue weighted by atomic mass is 19.1. The molecule has 0 saturated carbocycles. The van der Waals surface area contributed by atoms with Gasteiger partial charge >= 0.3 is 0 Å². The number of ether oxygens (including phenoxy) is 2. The van der Waals surface area contributed by atoms with Gasteiger partial charge < -0.3 is 9.47 Å². The van der Waals surface area contributed by atoms with Gasteiger partial charge in [0.1, 0.15) is 0 Å². The molecule has 25 heavy (non-hydrogen) atoms. The second-order valence-electron chi connectivity index (χ2n) is 7.28. The van der Waals surface area contributed by atoms with Crippen molar-refractivity contribution in [3.8, 4) is 5.75 Å². The molecular formula is C20H23FN2O2. The summed E-state index contributed by atoms with van der Waals surface area (Å²) in [6, 6.07) is 9.40. The summed E-state index contributed by atoms with van der Waals surface area (Å²) in [5.41, 5.74) is 2.15. The summed E-state index contributed by atoms with van der Waals surface area (Å²) in [6.07, 6.45) is 5.95. The van der Waals surface area contributed by atoms with Crippen molar-refractivity contribution in [3.63, 3.8) is 0 Å². The lowest BCUT2D eigenvalue weighted by Gasteiger charge is -2.47. The molecule has 2 aromatic rings. The number of likely N-dealkylation sites (tertiary alicyclic amines) is 1. The van der Waals surface area contributed by atoms with Gasteiger partial charge in [0.15, 0.2) is 11.6 Å². The smallest absolute Gasteiger partial charge is 0.169 e. The van der Waals surface area contributed by atoms with Gasteiger partial charge in [-0.15, -0.1) is 0 Å². The van der Waals surface area contributed by atoms with E-state index >= 15 is 0 Å². The van der Waals surface area contributed by atoms with E-state index in [4.69, 9.17) is 9.47 Å². The fourth-order valence-corrected chi connectivity index (χ4v) is 4.12. The third-order valence-electron chi connectivity index (χ3n) is 5.25. The Morgan fingerprint density at radius 2 is 2.20 bits per heavy atom. The van der Waals surface area contributed by atoms with Crippen molar-refractivity contribution in [1.29, 1.82) is 0 Å². The second kappa shape index (κ2) is 6.73. The van der Waals surface area contributed by atoms with E-state index in [-0.39, 0.29) is 17.3 Å². The first-order valence-electron chi connectivity index (χ1n) is 8.72. The molecule has 0 N–H and O–H groups in total. The van der Waals surface area contributed by atoms with Crippen LogP contribution >= 0.6 is 0 Å². The average Bonchev–Trinajstić information content (AvgIpc) is 3.01. The molecule has 0 bridgehead atoms. The fraction of sp³-hybridized carbons (Fsp3) is 0.450. The molecule has 2 fully saturated rings. The van der Waals surface area contributed by atoms with Crippen LogP contribution in [0.4, 0.5) is 4.39 Å².